The number of nitrogens with one attached hydrogen (secondary N) is 2. The van der Waals surface area contributed by atoms with Gasteiger partial charge in [0.05, 0.1) is 4.90 Å². The van der Waals surface area contributed by atoms with E-state index in [2.05, 4.69) is 10.0 Å². The predicted molar refractivity (Wildman–Crippen MR) is 80.9 cm³/mol. The third kappa shape index (κ3) is 3.59. The van der Waals surface area contributed by atoms with Crippen molar-refractivity contribution in [3.8, 4) is 0 Å². The monoisotopic (exact) mass is 296 g/mol. The van der Waals surface area contributed by atoms with Crippen molar-refractivity contribution in [1.29, 1.82) is 0 Å². The summed E-state index contributed by atoms with van der Waals surface area (Å²) in [6.45, 7) is 7.32. The first-order valence-corrected chi connectivity index (χ1v) is 8.68. The molecule has 1 aromatic carbocycles. The van der Waals surface area contributed by atoms with E-state index in [0.29, 0.717) is 17.4 Å². The minimum atomic E-state index is -3.47. The lowest BCUT2D eigenvalue weighted by molar-refractivity contribution is 0.400. The second kappa shape index (κ2) is 5.84. The fourth-order valence-electron chi connectivity index (χ4n) is 2.46. The summed E-state index contributed by atoms with van der Waals surface area (Å²) in [6, 6.07) is 7.19. The Hall–Kier alpha value is -0.910. The maximum atomic E-state index is 12.6. The summed E-state index contributed by atoms with van der Waals surface area (Å²) in [4.78, 5) is 0.384. The van der Waals surface area contributed by atoms with Gasteiger partial charge in [-0.05, 0) is 50.8 Å². The number of sulfonamides is 1. The Morgan fingerprint density at radius 1 is 1.25 bits per heavy atom. The van der Waals surface area contributed by atoms with Gasteiger partial charge in [0.1, 0.15) is 0 Å². The number of rotatable bonds is 7. The van der Waals surface area contributed by atoms with Crippen LogP contribution in [0.2, 0.25) is 0 Å². The Morgan fingerprint density at radius 3 is 2.50 bits per heavy atom. The summed E-state index contributed by atoms with van der Waals surface area (Å²) in [5.74, 6) is 0.457. The highest BCUT2D eigenvalue weighted by Crippen LogP contribution is 2.40. The highest BCUT2D eigenvalue weighted by atomic mass is 32.2. The largest absolute Gasteiger partial charge is 0.313 e. The molecule has 0 saturated heterocycles. The van der Waals surface area contributed by atoms with Crippen molar-refractivity contribution < 1.29 is 8.42 Å². The molecule has 5 heteroatoms. The highest BCUT2D eigenvalue weighted by molar-refractivity contribution is 7.89. The van der Waals surface area contributed by atoms with Gasteiger partial charge in [0.2, 0.25) is 10.0 Å². The summed E-state index contributed by atoms with van der Waals surface area (Å²) >= 11 is 0. The van der Waals surface area contributed by atoms with Gasteiger partial charge in [-0.25, -0.2) is 13.1 Å². The molecule has 2 N–H and O–H groups in total. The van der Waals surface area contributed by atoms with E-state index in [-0.39, 0.29) is 5.54 Å². The second-order valence-corrected chi connectivity index (χ2v) is 7.64. The van der Waals surface area contributed by atoms with Crippen molar-refractivity contribution in [1.82, 2.24) is 10.0 Å². The zero-order valence-electron chi connectivity index (χ0n) is 12.4. The molecule has 1 fully saturated rings. The fourth-order valence-corrected chi connectivity index (χ4v) is 4.17. The number of hydrogen-bond donors (Lipinski definition) is 2. The van der Waals surface area contributed by atoms with Gasteiger partial charge in [0, 0.05) is 12.1 Å². The highest BCUT2D eigenvalue weighted by Gasteiger charge is 2.40. The van der Waals surface area contributed by atoms with Crippen LogP contribution in [0.1, 0.15) is 39.2 Å². The summed E-state index contributed by atoms with van der Waals surface area (Å²) in [7, 11) is -3.47. The molecule has 0 amide bonds. The van der Waals surface area contributed by atoms with Crippen LogP contribution in [-0.2, 0) is 16.6 Å². The van der Waals surface area contributed by atoms with Crippen LogP contribution >= 0.6 is 0 Å². The smallest absolute Gasteiger partial charge is 0.241 e. The van der Waals surface area contributed by atoms with E-state index in [1.165, 1.54) is 0 Å². The van der Waals surface area contributed by atoms with Crippen LogP contribution in [0.4, 0.5) is 0 Å². The maximum Gasteiger partial charge on any atom is 0.241 e. The molecule has 112 valence electrons. The fraction of sp³-hybridized carbons (Fsp3) is 0.600. The molecular weight excluding hydrogens is 272 g/mol. The zero-order valence-corrected chi connectivity index (χ0v) is 13.3. The van der Waals surface area contributed by atoms with Gasteiger partial charge in [0.15, 0.2) is 0 Å². The molecule has 1 aliphatic carbocycles. The summed E-state index contributed by atoms with van der Waals surface area (Å²) in [6.07, 6.45) is 2.21. The first-order chi connectivity index (χ1) is 9.37. The third-order valence-electron chi connectivity index (χ3n) is 3.82. The summed E-state index contributed by atoms with van der Waals surface area (Å²) in [5, 5.41) is 3.18. The molecule has 0 heterocycles. The average Bonchev–Trinajstić information content (AvgIpc) is 3.20. The molecule has 0 unspecified atom stereocenters. The van der Waals surface area contributed by atoms with Gasteiger partial charge in [-0.2, -0.15) is 0 Å². The topological polar surface area (TPSA) is 58.2 Å². The normalized spacial score (nSPS) is 16.4. The van der Waals surface area contributed by atoms with Crippen LogP contribution in [0.3, 0.4) is 0 Å². The van der Waals surface area contributed by atoms with Crippen molar-refractivity contribution in [3.63, 3.8) is 0 Å². The molecule has 1 saturated carbocycles. The van der Waals surface area contributed by atoms with E-state index in [0.717, 1.165) is 24.9 Å². The number of hydrogen-bond acceptors (Lipinski definition) is 3. The summed E-state index contributed by atoms with van der Waals surface area (Å²) < 4.78 is 28.1. The molecule has 1 aliphatic rings. The van der Waals surface area contributed by atoms with Crippen molar-refractivity contribution >= 4 is 10.0 Å². The van der Waals surface area contributed by atoms with E-state index in [9.17, 15) is 8.42 Å². The van der Waals surface area contributed by atoms with Crippen LogP contribution in [0.25, 0.3) is 0 Å². The lowest BCUT2D eigenvalue weighted by Gasteiger charge is -2.26. The average molecular weight is 296 g/mol. The minimum absolute atomic E-state index is 0.371. The van der Waals surface area contributed by atoms with Gasteiger partial charge >= 0.3 is 0 Å². The third-order valence-corrected chi connectivity index (χ3v) is 5.60. The first-order valence-electron chi connectivity index (χ1n) is 7.19. The van der Waals surface area contributed by atoms with Crippen LogP contribution in [0.5, 0.6) is 0 Å². The van der Waals surface area contributed by atoms with Crippen LogP contribution in [0.15, 0.2) is 29.2 Å². The van der Waals surface area contributed by atoms with Crippen LogP contribution in [-0.4, -0.2) is 20.5 Å². The van der Waals surface area contributed by atoms with Crippen LogP contribution in [0, 0.1) is 5.92 Å². The van der Waals surface area contributed by atoms with E-state index < -0.39 is 10.0 Å². The molecule has 20 heavy (non-hydrogen) atoms. The molecule has 0 spiro atoms. The molecule has 0 atom stereocenters. The SMILES string of the molecule is CCNCc1ccccc1S(=O)(=O)NC(C)(C)C1CC1. The Balaban J connectivity index is 2.24. The van der Waals surface area contributed by atoms with Crippen molar-refractivity contribution in [2.45, 2.75) is 50.6 Å². The van der Waals surface area contributed by atoms with E-state index in [4.69, 9.17) is 0 Å². The molecule has 0 radical (unpaired) electrons. The Labute approximate surface area is 122 Å². The van der Waals surface area contributed by atoms with Crippen LogP contribution < -0.4 is 10.0 Å². The first kappa shape index (κ1) is 15.5. The Bertz CT molecular complexity index is 563. The molecule has 0 bridgehead atoms. The lowest BCUT2D eigenvalue weighted by atomic mass is 10.0. The molecular formula is C15H24N2O2S. The van der Waals surface area contributed by atoms with Gasteiger partial charge in [-0.15, -0.1) is 0 Å². The van der Waals surface area contributed by atoms with Crippen molar-refractivity contribution in [2.24, 2.45) is 5.92 Å². The van der Waals surface area contributed by atoms with E-state index in [1.54, 1.807) is 12.1 Å². The quantitative estimate of drug-likeness (QED) is 0.811. The molecule has 4 nitrogen and oxygen atoms in total. The zero-order chi connectivity index (χ0) is 14.8. The van der Waals surface area contributed by atoms with Crippen molar-refractivity contribution in [2.75, 3.05) is 6.54 Å². The van der Waals surface area contributed by atoms with Gasteiger partial charge < -0.3 is 5.32 Å². The predicted octanol–water partition coefficient (Wildman–Crippen LogP) is 2.26. The lowest BCUT2D eigenvalue weighted by Crippen LogP contribution is -2.45. The Morgan fingerprint density at radius 2 is 1.90 bits per heavy atom. The molecule has 1 aromatic rings. The van der Waals surface area contributed by atoms with Crippen molar-refractivity contribution in [3.05, 3.63) is 29.8 Å². The van der Waals surface area contributed by atoms with Gasteiger partial charge in [-0.1, -0.05) is 25.1 Å². The number of benzene rings is 1. The Kier molecular flexibility index (Phi) is 4.52. The molecule has 0 aliphatic heterocycles. The molecule has 0 aromatic heterocycles. The van der Waals surface area contributed by atoms with E-state index in [1.807, 2.05) is 32.9 Å². The molecule has 2 rings (SSSR count). The van der Waals surface area contributed by atoms with E-state index >= 15 is 0 Å². The standard InChI is InChI=1S/C15H24N2O2S/c1-4-16-11-12-7-5-6-8-14(12)20(18,19)17-15(2,3)13-9-10-13/h5-8,13,16-17H,4,9-11H2,1-3H3. The second-order valence-electron chi connectivity index (χ2n) is 5.99. The van der Waals surface area contributed by atoms with Gasteiger partial charge in [0.25, 0.3) is 0 Å². The minimum Gasteiger partial charge on any atom is -0.313 e. The maximum absolute atomic E-state index is 12.6. The summed E-state index contributed by atoms with van der Waals surface area (Å²) in [5.41, 5.74) is 0.442. The van der Waals surface area contributed by atoms with Gasteiger partial charge in [-0.3, -0.25) is 0 Å².